The van der Waals surface area contributed by atoms with E-state index >= 15 is 0 Å². The maximum Gasteiger partial charge on any atom is 0.263 e. The maximum absolute atomic E-state index is 12.3. The number of nitrogen functional groups attached to an aromatic ring is 1. The van der Waals surface area contributed by atoms with Crippen LogP contribution in [0.25, 0.3) is 10.2 Å². The molecule has 5 nitrogen and oxygen atoms in total. The van der Waals surface area contributed by atoms with Crippen LogP contribution in [0.5, 0.6) is 0 Å². The number of thiophene rings is 1. The van der Waals surface area contributed by atoms with Gasteiger partial charge in [-0.15, -0.1) is 11.3 Å². The van der Waals surface area contributed by atoms with Crippen molar-refractivity contribution in [2.45, 2.75) is 19.3 Å². The molecule has 0 radical (unpaired) electrons. The number of fused-ring (bicyclic) bond motifs is 1. The average molecular weight is 305 g/mol. The first-order chi connectivity index (χ1) is 10.2. The van der Waals surface area contributed by atoms with E-state index in [-0.39, 0.29) is 12.5 Å². The van der Waals surface area contributed by atoms with Crippen LogP contribution in [-0.2, 0) is 0 Å². The van der Waals surface area contributed by atoms with E-state index in [4.69, 9.17) is 5.73 Å². The largest absolute Gasteiger partial charge is 0.397 e. The lowest BCUT2D eigenvalue weighted by molar-refractivity contribution is 0.0942. The van der Waals surface area contributed by atoms with E-state index in [1.54, 1.807) is 6.20 Å². The van der Waals surface area contributed by atoms with Gasteiger partial charge in [-0.2, -0.15) is 0 Å². The molecule has 0 aliphatic heterocycles. The van der Waals surface area contributed by atoms with Crippen molar-refractivity contribution in [1.82, 2.24) is 10.3 Å². The number of rotatable bonds is 4. The van der Waals surface area contributed by atoms with Gasteiger partial charge >= 0.3 is 0 Å². The van der Waals surface area contributed by atoms with Gasteiger partial charge in [-0.05, 0) is 36.8 Å². The highest BCUT2D eigenvalue weighted by molar-refractivity contribution is 7.21. The molecule has 4 N–H and O–H groups in total. The van der Waals surface area contributed by atoms with Crippen LogP contribution in [0.1, 0.15) is 28.9 Å². The minimum Gasteiger partial charge on any atom is -0.397 e. The van der Waals surface area contributed by atoms with E-state index in [0.29, 0.717) is 28.9 Å². The van der Waals surface area contributed by atoms with Gasteiger partial charge in [0.1, 0.15) is 9.71 Å². The van der Waals surface area contributed by atoms with E-state index in [0.717, 1.165) is 29.5 Å². The first kappa shape index (κ1) is 14.3. The van der Waals surface area contributed by atoms with Gasteiger partial charge in [0.25, 0.3) is 5.91 Å². The number of nitrogens with two attached hydrogens (primary N) is 1. The molecule has 1 saturated carbocycles. The highest BCUT2D eigenvalue weighted by Gasteiger charge is 2.27. The topological polar surface area (TPSA) is 88.2 Å². The van der Waals surface area contributed by atoms with Gasteiger partial charge in [0, 0.05) is 24.7 Å². The molecule has 3 rings (SSSR count). The molecule has 0 aromatic carbocycles. The molecule has 2 heterocycles. The monoisotopic (exact) mass is 305 g/mol. The zero-order valence-electron chi connectivity index (χ0n) is 11.7. The average Bonchev–Trinajstić information content (AvgIpc) is 3.09. The summed E-state index contributed by atoms with van der Waals surface area (Å²) >= 11 is 1.32. The second-order valence-corrected chi connectivity index (χ2v) is 6.54. The maximum atomic E-state index is 12.3. The summed E-state index contributed by atoms with van der Waals surface area (Å²) in [4.78, 5) is 17.9. The molecule has 6 heteroatoms. The smallest absolute Gasteiger partial charge is 0.263 e. The Kier molecular flexibility index (Phi) is 4.07. The zero-order chi connectivity index (χ0) is 14.8. The van der Waals surface area contributed by atoms with Crippen molar-refractivity contribution in [3.05, 3.63) is 23.2 Å². The van der Waals surface area contributed by atoms with Crippen LogP contribution in [0.4, 0.5) is 5.69 Å². The summed E-state index contributed by atoms with van der Waals surface area (Å²) in [6, 6.07) is 3.70. The molecule has 2 aromatic heterocycles. The Balaban J connectivity index is 1.71. The molecule has 2 unspecified atom stereocenters. The van der Waals surface area contributed by atoms with Crippen molar-refractivity contribution in [2.24, 2.45) is 11.8 Å². The summed E-state index contributed by atoms with van der Waals surface area (Å²) in [5.74, 6) is 0.540. The van der Waals surface area contributed by atoms with Gasteiger partial charge in [-0.25, -0.2) is 4.98 Å². The predicted octanol–water partition coefficient (Wildman–Crippen LogP) is 2.02. The highest BCUT2D eigenvalue weighted by atomic mass is 32.1. The Morgan fingerprint density at radius 3 is 3.05 bits per heavy atom. The number of hydrogen-bond acceptors (Lipinski definition) is 5. The molecule has 2 atom stereocenters. The predicted molar refractivity (Wildman–Crippen MR) is 84.3 cm³/mol. The Labute approximate surface area is 127 Å². The standard InChI is InChI=1S/C15H19N3O2S/c16-12-11-5-2-6-17-15(11)21-13(12)14(20)18-7-9-3-1-4-10(9)8-19/h2,5-6,9-10,19H,1,3-4,7-8,16H2,(H,18,20). The van der Waals surface area contributed by atoms with Crippen LogP contribution in [0.15, 0.2) is 18.3 Å². The number of pyridine rings is 1. The zero-order valence-corrected chi connectivity index (χ0v) is 12.5. The quantitative estimate of drug-likeness (QED) is 0.806. The second kappa shape index (κ2) is 5.99. The molecule has 1 aliphatic rings. The lowest BCUT2D eigenvalue weighted by Gasteiger charge is -2.17. The fourth-order valence-electron chi connectivity index (χ4n) is 3.05. The third-order valence-electron chi connectivity index (χ3n) is 4.29. The minimum atomic E-state index is -0.140. The number of nitrogens with zero attached hydrogens (tertiary/aromatic N) is 1. The molecule has 21 heavy (non-hydrogen) atoms. The summed E-state index contributed by atoms with van der Waals surface area (Å²) in [7, 11) is 0. The summed E-state index contributed by atoms with van der Waals surface area (Å²) < 4.78 is 0. The normalized spacial score (nSPS) is 21.8. The van der Waals surface area contributed by atoms with Crippen molar-refractivity contribution in [2.75, 3.05) is 18.9 Å². The van der Waals surface area contributed by atoms with Gasteiger partial charge in [0.2, 0.25) is 0 Å². The van der Waals surface area contributed by atoms with E-state index in [9.17, 15) is 9.90 Å². The van der Waals surface area contributed by atoms with E-state index in [1.165, 1.54) is 11.3 Å². The third-order valence-corrected chi connectivity index (χ3v) is 5.41. The number of aromatic nitrogens is 1. The van der Waals surface area contributed by atoms with Crippen LogP contribution >= 0.6 is 11.3 Å². The summed E-state index contributed by atoms with van der Waals surface area (Å²) in [5, 5.41) is 13.1. The Morgan fingerprint density at radius 2 is 2.29 bits per heavy atom. The van der Waals surface area contributed by atoms with Crippen molar-refractivity contribution in [1.29, 1.82) is 0 Å². The first-order valence-electron chi connectivity index (χ1n) is 7.22. The fourth-order valence-corrected chi connectivity index (χ4v) is 4.03. The van der Waals surface area contributed by atoms with Gasteiger partial charge < -0.3 is 16.2 Å². The van der Waals surface area contributed by atoms with Crippen LogP contribution in [0.3, 0.4) is 0 Å². The number of aliphatic hydroxyl groups is 1. The van der Waals surface area contributed by atoms with E-state index in [2.05, 4.69) is 10.3 Å². The molecule has 0 bridgehead atoms. The lowest BCUT2D eigenvalue weighted by atomic mass is 9.97. The van der Waals surface area contributed by atoms with E-state index < -0.39 is 0 Å². The number of carbonyl (C=O) groups is 1. The van der Waals surface area contributed by atoms with Crippen LogP contribution in [-0.4, -0.2) is 29.1 Å². The lowest BCUT2D eigenvalue weighted by Crippen LogP contribution is -2.31. The van der Waals surface area contributed by atoms with Crippen molar-refractivity contribution in [3.63, 3.8) is 0 Å². The Morgan fingerprint density at radius 1 is 1.48 bits per heavy atom. The van der Waals surface area contributed by atoms with Gasteiger partial charge in [0.05, 0.1) is 5.69 Å². The number of hydrogen-bond donors (Lipinski definition) is 3. The first-order valence-corrected chi connectivity index (χ1v) is 8.04. The summed E-state index contributed by atoms with van der Waals surface area (Å²) in [6.07, 6.45) is 4.94. The van der Waals surface area contributed by atoms with Crippen molar-refractivity contribution in [3.8, 4) is 0 Å². The van der Waals surface area contributed by atoms with Crippen LogP contribution in [0, 0.1) is 11.8 Å². The summed E-state index contributed by atoms with van der Waals surface area (Å²) in [5.41, 5.74) is 6.55. The Hall–Kier alpha value is -1.66. The third kappa shape index (κ3) is 2.73. The summed E-state index contributed by atoms with van der Waals surface area (Å²) in [6.45, 7) is 0.806. The van der Waals surface area contributed by atoms with Gasteiger partial charge in [0.15, 0.2) is 0 Å². The highest BCUT2D eigenvalue weighted by Crippen LogP contribution is 2.33. The molecule has 1 fully saturated rings. The molecule has 1 aliphatic carbocycles. The van der Waals surface area contributed by atoms with E-state index in [1.807, 2.05) is 12.1 Å². The SMILES string of the molecule is Nc1c(C(=O)NCC2CCCC2CO)sc2ncccc12. The van der Waals surface area contributed by atoms with Crippen LogP contribution in [0.2, 0.25) is 0 Å². The number of anilines is 1. The van der Waals surface area contributed by atoms with Crippen molar-refractivity contribution < 1.29 is 9.90 Å². The van der Waals surface area contributed by atoms with Gasteiger partial charge in [-0.3, -0.25) is 4.79 Å². The van der Waals surface area contributed by atoms with Crippen molar-refractivity contribution >= 4 is 33.1 Å². The number of aliphatic hydroxyl groups excluding tert-OH is 1. The van der Waals surface area contributed by atoms with Gasteiger partial charge in [-0.1, -0.05) is 6.42 Å². The molecule has 0 spiro atoms. The second-order valence-electron chi connectivity index (χ2n) is 5.54. The molecular formula is C15H19N3O2S. The number of carbonyl (C=O) groups excluding carboxylic acids is 1. The number of amides is 1. The minimum absolute atomic E-state index is 0.140. The molecule has 112 valence electrons. The molecular weight excluding hydrogens is 286 g/mol. The van der Waals surface area contributed by atoms with Crippen LogP contribution < -0.4 is 11.1 Å². The molecule has 1 amide bonds. The molecule has 2 aromatic rings. The number of nitrogens with one attached hydrogen (secondary N) is 1. The molecule has 0 saturated heterocycles. The fraction of sp³-hybridized carbons (Fsp3) is 0.467. The Bertz CT molecular complexity index is 655.